The van der Waals surface area contributed by atoms with Crippen molar-refractivity contribution in [2.75, 3.05) is 12.4 Å². The van der Waals surface area contributed by atoms with E-state index in [2.05, 4.69) is 45.1 Å². The average molecular weight is 221 g/mol. The maximum absolute atomic E-state index is 3.31. The van der Waals surface area contributed by atoms with E-state index in [1.165, 1.54) is 11.3 Å². The zero-order chi connectivity index (χ0) is 11.6. The van der Waals surface area contributed by atoms with E-state index in [-0.39, 0.29) is 0 Å². The molecule has 0 aliphatic rings. The summed E-state index contributed by atoms with van der Waals surface area (Å²) in [7, 11) is 3.15. The van der Waals surface area contributed by atoms with Gasteiger partial charge in [0.25, 0.3) is 0 Å². The molecule has 1 N–H and O–H groups in total. The first-order chi connectivity index (χ1) is 6.99. The number of nitrogens with one attached hydrogen (secondary N) is 1. The van der Waals surface area contributed by atoms with Gasteiger partial charge in [0.05, 0.1) is 0 Å². The highest BCUT2D eigenvalue weighted by Gasteiger charge is 2.15. The largest absolute Gasteiger partial charge is 0.388 e. The molecule has 0 atom stereocenters. The lowest BCUT2D eigenvalue weighted by Gasteiger charge is -2.22. The van der Waals surface area contributed by atoms with E-state index < -0.39 is 0 Å². The molecule has 1 aromatic carbocycles. The molecule has 15 heavy (non-hydrogen) atoms. The zero-order valence-corrected chi connectivity index (χ0v) is 12.8. The minimum Gasteiger partial charge on any atom is -0.388 e. The molecule has 0 heterocycles. The monoisotopic (exact) mass is 221 g/mol. The molecule has 0 unspecified atom stereocenters. The van der Waals surface area contributed by atoms with Crippen LogP contribution in [0.1, 0.15) is 50.7 Å². The number of anilines is 1. The fraction of sp³-hybridized carbons (Fsp3) is 0.538. The maximum atomic E-state index is 3.31. The van der Waals surface area contributed by atoms with Gasteiger partial charge in [-0.15, -0.1) is 0 Å². The van der Waals surface area contributed by atoms with E-state index in [4.69, 9.17) is 0 Å². The third-order valence-electron chi connectivity index (χ3n) is 2.93. The third-order valence-corrected chi connectivity index (χ3v) is 3.80. The molecule has 1 rings (SSSR count). The fourth-order valence-electron chi connectivity index (χ4n) is 2.35. The summed E-state index contributed by atoms with van der Waals surface area (Å²) in [5, 5.41) is 4.86. The predicted molar refractivity (Wildman–Crippen MR) is 73.7 cm³/mol. The standard InChI is InChI=1S/C13H23NSi/c1-8(2)12-10(14-5)6-7-11(15)13(12)9(3)4/h6-9,14H,1-5,15H3. The van der Waals surface area contributed by atoms with E-state index in [1.54, 1.807) is 10.8 Å². The Balaban J connectivity index is 3.44. The summed E-state index contributed by atoms with van der Waals surface area (Å²) in [5.41, 5.74) is 4.39. The van der Waals surface area contributed by atoms with Crippen LogP contribution in [0.15, 0.2) is 12.1 Å². The summed E-state index contributed by atoms with van der Waals surface area (Å²) >= 11 is 0. The SMILES string of the molecule is CNc1ccc([SiH3])c(C(C)C)c1C(C)C. The Kier molecular flexibility index (Phi) is 3.97. The van der Waals surface area contributed by atoms with Gasteiger partial charge in [0, 0.05) is 23.0 Å². The summed E-state index contributed by atoms with van der Waals surface area (Å²) in [6.07, 6.45) is 0. The predicted octanol–water partition coefficient (Wildman–Crippen LogP) is 1.97. The normalized spacial score (nSPS) is 11.4. The van der Waals surface area contributed by atoms with E-state index >= 15 is 0 Å². The summed E-state index contributed by atoms with van der Waals surface area (Å²) < 4.78 is 0. The van der Waals surface area contributed by atoms with Crippen LogP contribution < -0.4 is 10.5 Å². The quantitative estimate of drug-likeness (QED) is 0.770. The summed E-state index contributed by atoms with van der Waals surface area (Å²) in [6, 6.07) is 4.50. The van der Waals surface area contributed by atoms with Crippen LogP contribution in [-0.2, 0) is 0 Å². The first kappa shape index (κ1) is 12.3. The lowest BCUT2D eigenvalue weighted by atomic mass is 9.89. The Hall–Kier alpha value is -0.763. The summed E-state index contributed by atoms with van der Waals surface area (Å²) in [5.74, 6) is 1.22. The van der Waals surface area contributed by atoms with Gasteiger partial charge in [0.15, 0.2) is 0 Å². The van der Waals surface area contributed by atoms with Crippen LogP contribution >= 0.6 is 0 Å². The van der Waals surface area contributed by atoms with E-state index in [0.29, 0.717) is 11.8 Å². The lowest BCUT2D eigenvalue weighted by Crippen LogP contribution is -2.17. The second-order valence-corrected chi connectivity index (χ2v) is 5.89. The van der Waals surface area contributed by atoms with Gasteiger partial charge in [-0.1, -0.05) is 38.9 Å². The summed E-state index contributed by atoms with van der Waals surface area (Å²) in [4.78, 5) is 0. The topological polar surface area (TPSA) is 12.0 Å². The van der Waals surface area contributed by atoms with Crippen LogP contribution in [-0.4, -0.2) is 17.3 Å². The molecule has 0 spiro atoms. The molecular weight excluding hydrogens is 198 g/mol. The molecule has 1 nitrogen and oxygen atoms in total. The van der Waals surface area contributed by atoms with E-state index in [0.717, 1.165) is 10.2 Å². The van der Waals surface area contributed by atoms with Crippen LogP contribution in [0.25, 0.3) is 0 Å². The second-order valence-electron chi connectivity index (χ2n) is 4.82. The van der Waals surface area contributed by atoms with E-state index in [9.17, 15) is 0 Å². The number of hydrogen-bond donors (Lipinski definition) is 1. The second kappa shape index (κ2) is 4.84. The van der Waals surface area contributed by atoms with Gasteiger partial charge in [-0.05, 0) is 29.0 Å². The molecular formula is C13H23NSi. The Labute approximate surface area is 96.7 Å². The van der Waals surface area contributed by atoms with Crippen molar-refractivity contribution in [3.05, 3.63) is 23.3 Å². The van der Waals surface area contributed by atoms with Crippen molar-refractivity contribution in [1.29, 1.82) is 0 Å². The molecule has 84 valence electrons. The highest BCUT2D eigenvalue weighted by Crippen LogP contribution is 2.30. The van der Waals surface area contributed by atoms with Gasteiger partial charge in [-0.3, -0.25) is 0 Å². The summed E-state index contributed by atoms with van der Waals surface area (Å²) in [6.45, 7) is 9.15. The Morgan fingerprint density at radius 3 is 1.93 bits per heavy atom. The molecule has 0 saturated carbocycles. The van der Waals surface area contributed by atoms with E-state index in [1.807, 2.05) is 7.05 Å². The van der Waals surface area contributed by atoms with Crippen LogP contribution in [0.4, 0.5) is 5.69 Å². The molecule has 0 aromatic heterocycles. The molecule has 0 fully saturated rings. The molecule has 0 bridgehead atoms. The fourth-order valence-corrected chi connectivity index (χ4v) is 3.37. The van der Waals surface area contributed by atoms with Gasteiger partial charge >= 0.3 is 0 Å². The Bertz CT molecular complexity index is 343. The molecule has 0 aliphatic heterocycles. The highest BCUT2D eigenvalue weighted by molar-refractivity contribution is 6.33. The average Bonchev–Trinajstić information content (AvgIpc) is 2.16. The van der Waals surface area contributed by atoms with Gasteiger partial charge in [0.1, 0.15) is 0 Å². The van der Waals surface area contributed by atoms with Gasteiger partial charge in [-0.2, -0.15) is 0 Å². The smallest absolute Gasteiger partial charge is 0.0388 e. The number of benzene rings is 1. The Morgan fingerprint density at radius 2 is 1.53 bits per heavy atom. The van der Waals surface area contributed by atoms with Gasteiger partial charge in [-0.25, -0.2) is 0 Å². The van der Waals surface area contributed by atoms with Crippen molar-refractivity contribution < 1.29 is 0 Å². The first-order valence-corrected chi connectivity index (χ1v) is 6.80. The van der Waals surface area contributed by atoms with Crippen LogP contribution in [0.2, 0.25) is 0 Å². The van der Waals surface area contributed by atoms with Crippen molar-refractivity contribution in [3.8, 4) is 0 Å². The van der Waals surface area contributed by atoms with Crippen molar-refractivity contribution >= 4 is 21.1 Å². The molecule has 1 aromatic rings. The molecule has 0 amide bonds. The minimum absolute atomic E-state index is 0.596. The van der Waals surface area contributed by atoms with Crippen molar-refractivity contribution in [1.82, 2.24) is 0 Å². The van der Waals surface area contributed by atoms with Crippen molar-refractivity contribution in [2.45, 2.75) is 39.5 Å². The van der Waals surface area contributed by atoms with Crippen LogP contribution in [0.3, 0.4) is 0 Å². The molecule has 0 radical (unpaired) electrons. The molecule has 0 saturated heterocycles. The Morgan fingerprint density at radius 1 is 1.00 bits per heavy atom. The van der Waals surface area contributed by atoms with Crippen molar-refractivity contribution in [2.24, 2.45) is 0 Å². The first-order valence-electron chi connectivity index (χ1n) is 5.80. The highest BCUT2D eigenvalue weighted by atomic mass is 28.1. The third kappa shape index (κ3) is 2.43. The van der Waals surface area contributed by atoms with Crippen LogP contribution in [0, 0.1) is 0 Å². The molecule has 2 heteroatoms. The number of rotatable bonds is 3. The molecule has 0 aliphatic carbocycles. The van der Waals surface area contributed by atoms with Gasteiger partial charge < -0.3 is 5.32 Å². The van der Waals surface area contributed by atoms with Crippen LogP contribution in [0.5, 0.6) is 0 Å². The maximum Gasteiger partial charge on any atom is 0.0388 e. The van der Waals surface area contributed by atoms with Gasteiger partial charge in [0.2, 0.25) is 0 Å². The number of hydrogen-bond acceptors (Lipinski definition) is 1. The lowest BCUT2D eigenvalue weighted by molar-refractivity contribution is 0.797. The zero-order valence-electron chi connectivity index (χ0n) is 10.8. The minimum atomic E-state index is 0.596. The van der Waals surface area contributed by atoms with Crippen molar-refractivity contribution in [3.63, 3.8) is 0 Å².